The second-order valence-electron chi connectivity index (χ2n) is 6.44. The quantitative estimate of drug-likeness (QED) is 0.757. The van der Waals surface area contributed by atoms with Crippen molar-refractivity contribution in [2.75, 3.05) is 13.1 Å². The number of hydrogen-bond acceptors (Lipinski definition) is 7. The largest absolute Gasteiger partial charge is 0.461 e. The van der Waals surface area contributed by atoms with E-state index in [9.17, 15) is 5.11 Å². The summed E-state index contributed by atoms with van der Waals surface area (Å²) in [6.45, 7) is 2.37. The number of likely N-dealkylation sites (tertiary alicyclic amines) is 1. The molecule has 0 bridgehead atoms. The fourth-order valence-corrected chi connectivity index (χ4v) is 3.32. The highest BCUT2D eigenvalue weighted by atomic mass is 16.5. The molecule has 0 spiro atoms. The lowest BCUT2D eigenvalue weighted by Crippen LogP contribution is -2.35. The smallest absolute Gasteiger partial charge is 0.241 e. The van der Waals surface area contributed by atoms with Gasteiger partial charge in [-0.15, -0.1) is 0 Å². The van der Waals surface area contributed by atoms with Gasteiger partial charge in [-0.2, -0.15) is 4.98 Å². The van der Waals surface area contributed by atoms with Crippen molar-refractivity contribution in [1.29, 1.82) is 0 Å². The first-order valence-electron chi connectivity index (χ1n) is 8.45. The summed E-state index contributed by atoms with van der Waals surface area (Å²) in [5, 5.41) is 14.5. The van der Waals surface area contributed by atoms with Crippen LogP contribution in [0, 0.1) is 5.92 Å². The number of piperidine rings is 1. The molecule has 0 aliphatic carbocycles. The van der Waals surface area contributed by atoms with Gasteiger partial charge in [-0.25, -0.2) is 4.98 Å². The Morgan fingerprint density at radius 1 is 1.36 bits per heavy atom. The second kappa shape index (κ2) is 6.81. The van der Waals surface area contributed by atoms with Crippen molar-refractivity contribution in [3.8, 4) is 11.6 Å². The van der Waals surface area contributed by atoms with E-state index < -0.39 is 6.10 Å². The maximum absolute atomic E-state index is 10.5. The summed E-state index contributed by atoms with van der Waals surface area (Å²) >= 11 is 0. The van der Waals surface area contributed by atoms with E-state index in [1.165, 1.54) is 0 Å². The molecule has 8 heteroatoms. The zero-order valence-electron chi connectivity index (χ0n) is 14.1. The highest BCUT2D eigenvalue weighted by Crippen LogP contribution is 2.30. The van der Waals surface area contributed by atoms with Crippen molar-refractivity contribution in [3.63, 3.8) is 0 Å². The maximum atomic E-state index is 10.5. The maximum Gasteiger partial charge on any atom is 0.241 e. The highest BCUT2D eigenvalue weighted by Gasteiger charge is 2.29. The van der Waals surface area contributed by atoms with Crippen LogP contribution in [0.15, 0.2) is 39.7 Å². The van der Waals surface area contributed by atoms with Crippen LogP contribution in [0.1, 0.15) is 30.7 Å². The Hall–Kier alpha value is -2.45. The molecule has 0 saturated carbocycles. The van der Waals surface area contributed by atoms with Crippen LogP contribution in [0.2, 0.25) is 0 Å². The molecule has 8 nitrogen and oxygen atoms in total. The van der Waals surface area contributed by atoms with Gasteiger partial charge in [0.2, 0.25) is 11.7 Å². The average molecular weight is 343 g/mol. The number of aromatic nitrogens is 4. The van der Waals surface area contributed by atoms with E-state index in [0.717, 1.165) is 31.8 Å². The van der Waals surface area contributed by atoms with Crippen molar-refractivity contribution in [2.24, 2.45) is 13.0 Å². The Balaban J connectivity index is 1.33. The molecule has 4 rings (SSSR count). The SMILES string of the molecule is Cn1ccnc1C(O)C1CCN(Cc2nc(-c3ccco3)no2)CC1. The molecule has 0 aromatic carbocycles. The van der Waals surface area contributed by atoms with Crippen molar-refractivity contribution < 1.29 is 14.0 Å². The van der Waals surface area contributed by atoms with Gasteiger partial charge >= 0.3 is 0 Å². The Labute approximate surface area is 145 Å². The molecule has 0 amide bonds. The van der Waals surface area contributed by atoms with Gasteiger partial charge in [0.25, 0.3) is 0 Å². The normalized spacial score (nSPS) is 17.8. The topological polar surface area (TPSA) is 93.3 Å². The highest BCUT2D eigenvalue weighted by molar-refractivity contribution is 5.44. The lowest BCUT2D eigenvalue weighted by Gasteiger charge is -2.33. The number of aliphatic hydroxyl groups is 1. The van der Waals surface area contributed by atoms with Gasteiger partial charge in [0.05, 0.1) is 12.8 Å². The van der Waals surface area contributed by atoms with Gasteiger partial charge in [0, 0.05) is 19.4 Å². The summed E-state index contributed by atoms with van der Waals surface area (Å²) in [7, 11) is 1.91. The third-order valence-corrected chi connectivity index (χ3v) is 4.77. The number of aliphatic hydroxyl groups excluding tert-OH is 1. The van der Waals surface area contributed by atoms with Gasteiger partial charge in [0.1, 0.15) is 11.9 Å². The van der Waals surface area contributed by atoms with E-state index in [1.807, 2.05) is 17.8 Å². The van der Waals surface area contributed by atoms with Crippen LogP contribution in [0.25, 0.3) is 11.6 Å². The first-order valence-corrected chi connectivity index (χ1v) is 8.45. The van der Waals surface area contributed by atoms with Crippen molar-refractivity contribution in [3.05, 3.63) is 42.5 Å². The van der Waals surface area contributed by atoms with E-state index >= 15 is 0 Å². The molecule has 1 atom stereocenters. The molecule has 1 aliphatic rings. The van der Waals surface area contributed by atoms with E-state index in [-0.39, 0.29) is 5.92 Å². The minimum atomic E-state index is -0.517. The molecule has 1 unspecified atom stereocenters. The molecule has 3 aromatic heterocycles. The van der Waals surface area contributed by atoms with Crippen molar-refractivity contribution in [1.82, 2.24) is 24.6 Å². The van der Waals surface area contributed by atoms with Crippen LogP contribution >= 0.6 is 0 Å². The summed E-state index contributed by atoms with van der Waals surface area (Å²) in [5.41, 5.74) is 0. The number of imidazole rings is 1. The van der Waals surface area contributed by atoms with Crippen LogP contribution in [0.4, 0.5) is 0 Å². The average Bonchev–Trinajstić information content (AvgIpc) is 3.36. The standard InChI is InChI=1S/C17H21N5O3/c1-21-9-6-18-17(21)15(23)12-4-7-22(8-5-12)11-14-19-16(20-25-14)13-3-2-10-24-13/h2-3,6,9-10,12,15,23H,4-5,7-8,11H2,1H3. The summed E-state index contributed by atoms with van der Waals surface area (Å²) in [6.07, 6.45) is 6.47. The number of hydrogen-bond donors (Lipinski definition) is 1. The zero-order valence-corrected chi connectivity index (χ0v) is 14.1. The van der Waals surface area contributed by atoms with Gasteiger partial charge in [-0.3, -0.25) is 4.90 Å². The van der Waals surface area contributed by atoms with E-state index in [4.69, 9.17) is 8.94 Å². The summed E-state index contributed by atoms with van der Waals surface area (Å²) in [5.74, 6) is 2.61. The van der Waals surface area contributed by atoms with Gasteiger partial charge in [-0.1, -0.05) is 5.16 Å². The zero-order chi connectivity index (χ0) is 17.2. The fourth-order valence-electron chi connectivity index (χ4n) is 3.32. The van der Waals surface area contributed by atoms with Gasteiger partial charge in [0.15, 0.2) is 5.76 Å². The predicted octanol–water partition coefficient (Wildman–Crippen LogP) is 2.01. The molecule has 25 heavy (non-hydrogen) atoms. The summed E-state index contributed by atoms with van der Waals surface area (Å²) in [4.78, 5) is 10.9. The van der Waals surface area contributed by atoms with Crippen LogP contribution < -0.4 is 0 Å². The molecular weight excluding hydrogens is 322 g/mol. The van der Waals surface area contributed by atoms with Crippen molar-refractivity contribution >= 4 is 0 Å². The van der Waals surface area contributed by atoms with Crippen LogP contribution in [-0.2, 0) is 13.6 Å². The summed E-state index contributed by atoms with van der Waals surface area (Å²) in [6, 6.07) is 3.60. The monoisotopic (exact) mass is 343 g/mol. The van der Waals surface area contributed by atoms with Crippen LogP contribution in [0.3, 0.4) is 0 Å². The minimum Gasteiger partial charge on any atom is -0.461 e. The van der Waals surface area contributed by atoms with Crippen LogP contribution in [-0.4, -0.2) is 42.8 Å². The molecule has 132 valence electrons. The molecule has 4 heterocycles. The fraction of sp³-hybridized carbons (Fsp3) is 0.471. The lowest BCUT2D eigenvalue weighted by atomic mass is 9.91. The Bertz CT molecular complexity index is 802. The number of rotatable bonds is 5. The molecule has 1 aliphatic heterocycles. The lowest BCUT2D eigenvalue weighted by molar-refractivity contribution is 0.0466. The molecule has 1 N–H and O–H groups in total. The Morgan fingerprint density at radius 3 is 2.88 bits per heavy atom. The molecule has 0 radical (unpaired) electrons. The molecule has 1 saturated heterocycles. The summed E-state index contributed by atoms with van der Waals surface area (Å²) < 4.78 is 12.5. The molecular formula is C17H21N5O3. The van der Waals surface area contributed by atoms with E-state index in [2.05, 4.69) is 20.0 Å². The van der Waals surface area contributed by atoms with Gasteiger partial charge in [-0.05, 0) is 44.0 Å². The minimum absolute atomic E-state index is 0.221. The van der Waals surface area contributed by atoms with Crippen molar-refractivity contribution in [2.45, 2.75) is 25.5 Å². The van der Waals surface area contributed by atoms with Gasteiger partial charge < -0.3 is 18.6 Å². The number of furan rings is 1. The van der Waals surface area contributed by atoms with Crippen LogP contribution in [0.5, 0.6) is 0 Å². The number of aryl methyl sites for hydroxylation is 1. The Morgan fingerprint density at radius 2 is 2.20 bits per heavy atom. The predicted molar refractivity (Wildman–Crippen MR) is 88.2 cm³/mol. The molecule has 3 aromatic rings. The van der Waals surface area contributed by atoms with E-state index in [0.29, 0.717) is 24.0 Å². The van der Waals surface area contributed by atoms with E-state index in [1.54, 1.807) is 24.6 Å². The first kappa shape index (κ1) is 16.0. The third-order valence-electron chi connectivity index (χ3n) is 4.77. The number of nitrogens with zero attached hydrogens (tertiary/aromatic N) is 5. The molecule has 1 fully saturated rings. The first-order chi connectivity index (χ1) is 12.2. The third kappa shape index (κ3) is 3.35. The Kier molecular flexibility index (Phi) is 4.37. The second-order valence-corrected chi connectivity index (χ2v) is 6.44.